The molecule has 5 unspecified atom stereocenters. The van der Waals surface area contributed by atoms with Gasteiger partial charge in [-0.25, -0.2) is 0 Å². The Labute approximate surface area is 129 Å². The van der Waals surface area contributed by atoms with E-state index in [2.05, 4.69) is 0 Å². The molecular formula is C13H22O8S. The lowest BCUT2D eigenvalue weighted by Gasteiger charge is -2.36. The van der Waals surface area contributed by atoms with Crippen molar-refractivity contribution in [3.05, 3.63) is 0 Å². The Bertz CT molecular complexity index is 571. The first kappa shape index (κ1) is 16.6. The summed E-state index contributed by atoms with van der Waals surface area (Å²) in [5.74, 6) is -1.83. The number of hydrogen-bond donors (Lipinski definition) is 1. The van der Waals surface area contributed by atoms with Gasteiger partial charge in [-0.1, -0.05) is 0 Å². The molecule has 3 saturated heterocycles. The Kier molecular flexibility index (Phi) is 3.48. The van der Waals surface area contributed by atoms with Crippen LogP contribution in [0.5, 0.6) is 0 Å². The standard InChI is InChI=1S/C13H22O8S/c1-11(2)17-6-7(18-11)13(5)9(22(14,15)16)8-10(21-13)20-12(3,4)19-8/h7-10H,6H2,1-5H3,(H,14,15,16). The van der Waals surface area contributed by atoms with Gasteiger partial charge >= 0.3 is 0 Å². The second-order valence-electron chi connectivity index (χ2n) is 7.02. The van der Waals surface area contributed by atoms with E-state index in [1.54, 1.807) is 34.6 Å². The third-order valence-electron chi connectivity index (χ3n) is 4.29. The molecule has 1 N–H and O–H groups in total. The molecule has 0 spiro atoms. The van der Waals surface area contributed by atoms with Crippen molar-refractivity contribution in [2.45, 2.75) is 75.5 Å². The van der Waals surface area contributed by atoms with Crippen molar-refractivity contribution in [3.8, 4) is 0 Å². The van der Waals surface area contributed by atoms with E-state index in [9.17, 15) is 13.0 Å². The lowest BCUT2D eigenvalue weighted by atomic mass is 9.94. The highest BCUT2D eigenvalue weighted by Crippen LogP contribution is 2.48. The van der Waals surface area contributed by atoms with Crippen LogP contribution in [0.2, 0.25) is 0 Å². The molecule has 0 radical (unpaired) electrons. The molecule has 3 fully saturated rings. The van der Waals surface area contributed by atoms with Gasteiger partial charge in [-0.3, -0.25) is 4.55 Å². The molecular weight excluding hydrogens is 316 g/mol. The van der Waals surface area contributed by atoms with Gasteiger partial charge in [-0.15, -0.1) is 0 Å². The van der Waals surface area contributed by atoms with Crippen molar-refractivity contribution < 1.29 is 36.7 Å². The lowest BCUT2D eigenvalue weighted by Crippen LogP contribution is -2.55. The zero-order chi connectivity index (χ0) is 16.6. The molecule has 0 aromatic carbocycles. The molecule has 0 aromatic heterocycles. The van der Waals surface area contributed by atoms with Crippen molar-refractivity contribution >= 4 is 10.1 Å². The molecule has 128 valence electrons. The Balaban J connectivity index is 1.95. The number of rotatable bonds is 2. The van der Waals surface area contributed by atoms with E-state index in [1.165, 1.54) is 0 Å². The average molecular weight is 338 g/mol. The summed E-state index contributed by atoms with van der Waals surface area (Å²) in [7, 11) is -4.45. The van der Waals surface area contributed by atoms with Crippen molar-refractivity contribution in [3.63, 3.8) is 0 Å². The van der Waals surface area contributed by atoms with E-state index in [4.69, 9.17) is 23.7 Å². The molecule has 5 atom stereocenters. The topological polar surface area (TPSA) is 101 Å². The summed E-state index contributed by atoms with van der Waals surface area (Å²) in [6.07, 6.45) is -2.49. The van der Waals surface area contributed by atoms with Crippen LogP contribution in [0, 0.1) is 0 Å². The van der Waals surface area contributed by atoms with Crippen LogP contribution in [0.25, 0.3) is 0 Å². The molecule has 8 nitrogen and oxygen atoms in total. The molecule has 22 heavy (non-hydrogen) atoms. The molecule has 0 saturated carbocycles. The lowest BCUT2D eigenvalue weighted by molar-refractivity contribution is -0.244. The predicted molar refractivity (Wildman–Crippen MR) is 73.6 cm³/mol. The molecule has 3 heterocycles. The maximum Gasteiger partial charge on any atom is 0.273 e. The third-order valence-corrected chi connectivity index (χ3v) is 5.67. The van der Waals surface area contributed by atoms with Crippen LogP contribution in [0.15, 0.2) is 0 Å². The summed E-state index contributed by atoms with van der Waals surface area (Å²) in [5.41, 5.74) is -1.34. The fourth-order valence-electron chi connectivity index (χ4n) is 3.39. The van der Waals surface area contributed by atoms with Gasteiger partial charge in [0.05, 0.1) is 6.61 Å². The molecule has 3 aliphatic rings. The first-order valence-electron chi connectivity index (χ1n) is 7.16. The fourth-order valence-corrected chi connectivity index (χ4v) is 4.71. The largest absolute Gasteiger partial charge is 0.348 e. The number of hydrogen-bond acceptors (Lipinski definition) is 7. The molecule has 3 rings (SSSR count). The summed E-state index contributed by atoms with van der Waals surface area (Å²) in [6.45, 7) is 8.49. The normalized spacial score (nSPS) is 46.8. The molecule has 0 aromatic rings. The van der Waals surface area contributed by atoms with Crippen LogP contribution in [0.3, 0.4) is 0 Å². The predicted octanol–water partition coefficient (Wildman–Crippen LogP) is 0.661. The second-order valence-corrected chi connectivity index (χ2v) is 8.56. The molecule has 3 aliphatic heterocycles. The first-order valence-corrected chi connectivity index (χ1v) is 8.66. The minimum Gasteiger partial charge on any atom is -0.348 e. The minimum atomic E-state index is -4.45. The van der Waals surface area contributed by atoms with Gasteiger partial charge in [-0.2, -0.15) is 8.42 Å². The van der Waals surface area contributed by atoms with Crippen LogP contribution in [-0.4, -0.2) is 60.5 Å². The van der Waals surface area contributed by atoms with E-state index in [-0.39, 0.29) is 6.61 Å². The maximum absolute atomic E-state index is 12.0. The Hall–Kier alpha value is -0.290. The van der Waals surface area contributed by atoms with Crippen LogP contribution in [-0.2, 0) is 33.8 Å². The monoisotopic (exact) mass is 338 g/mol. The zero-order valence-electron chi connectivity index (χ0n) is 13.2. The van der Waals surface area contributed by atoms with E-state index >= 15 is 0 Å². The van der Waals surface area contributed by atoms with Gasteiger partial charge in [0, 0.05) is 0 Å². The quantitative estimate of drug-likeness (QED) is 0.733. The number of fused-ring (bicyclic) bond motifs is 1. The SMILES string of the molecule is CC1(C)OC2OC(C)(C3COC(C)(C)O3)C(S(=O)(=O)O)C2O1. The number of ether oxygens (including phenoxy) is 5. The highest BCUT2D eigenvalue weighted by atomic mass is 32.2. The van der Waals surface area contributed by atoms with Gasteiger partial charge < -0.3 is 23.7 Å². The highest BCUT2D eigenvalue weighted by molar-refractivity contribution is 7.86. The van der Waals surface area contributed by atoms with E-state index in [0.29, 0.717) is 0 Å². The molecule has 0 aliphatic carbocycles. The average Bonchev–Trinajstić information content (AvgIpc) is 2.84. The first-order chi connectivity index (χ1) is 9.84. The van der Waals surface area contributed by atoms with Gasteiger partial charge in [0.25, 0.3) is 10.1 Å². The van der Waals surface area contributed by atoms with Crippen molar-refractivity contribution in [2.75, 3.05) is 6.61 Å². The summed E-state index contributed by atoms with van der Waals surface area (Å²) >= 11 is 0. The zero-order valence-corrected chi connectivity index (χ0v) is 14.0. The van der Waals surface area contributed by atoms with Crippen LogP contribution >= 0.6 is 0 Å². The molecule has 0 amide bonds. The van der Waals surface area contributed by atoms with Crippen molar-refractivity contribution in [2.24, 2.45) is 0 Å². The Morgan fingerprint density at radius 3 is 2.09 bits per heavy atom. The van der Waals surface area contributed by atoms with Gasteiger partial charge in [0.15, 0.2) is 17.9 Å². The third kappa shape index (κ3) is 2.58. The van der Waals surface area contributed by atoms with Crippen molar-refractivity contribution in [1.29, 1.82) is 0 Å². The summed E-state index contributed by atoms with van der Waals surface area (Å²) in [4.78, 5) is 0. The highest BCUT2D eigenvalue weighted by Gasteiger charge is 2.68. The fraction of sp³-hybridized carbons (Fsp3) is 1.00. The van der Waals surface area contributed by atoms with Crippen molar-refractivity contribution in [1.82, 2.24) is 0 Å². The van der Waals surface area contributed by atoms with E-state index < -0.39 is 51.0 Å². The summed E-state index contributed by atoms with van der Waals surface area (Å²) in [5, 5.41) is -1.32. The Morgan fingerprint density at radius 2 is 1.59 bits per heavy atom. The van der Waals surface area contributed by atoms with Crippen LogP contribution < -0.4 is 0 Å². The summed E-state index contributed by atoms with van der Waals surface area (Å²) < 4.78 is 61.9. The van der Waals surface area contributed by atoms with Crippen LogP contribution in [0.1, 0.15) is 34.6 Å². The van der Waals surface area contributed by atoms with E-state index in [0.717, 1.165) is 0 Å². The van der Waals surface area contributed by atoms with E-state index in [1.807, 2.05) is 0 Å². The smallest absolute Gasteiger partial charge is 0.273 e. The molecule has 9 heteroatoms. The minimum absolute atomic E-state index is 0.151. The Morgan fingerprint density at radius 1 is 0.955 bits per heavy atom. The molecule has 0 bridgehead atoms. The summed E-state index contributed by atoms with van der Waals surface area (Å²) in [6, 6.07) is 0. The second kappa shape index (κ2) is 4.62. The maximum atomic E-state index is 12.0. The van der Waals surface area contributed by atoms with Gasteiger partial charge in [0.2, 0.25) is 0 Å². The van der Waals surface area contributed by atoms with Gasteiger partial charge in [0.1, 0.15) is 23.1 Å². The van der Waals surface area contributed by atoms with Gasteiger partial charge in [-0.05, 0) is 34.6 Å². The van der Waals surface area contributed by atoms with Crippen LogP contribution in [0.4, 0.5) is 0 Å².